The van der Waals surface area contributed by atoms with Crippen molar-refractivity contribution in [2.75, 3.05) is 0 Å². The quantitative estimate of drug-likeness (QED) is 0.766. The van der Waals surface area contributed by atoms with Crippen molar-refractivity contribution in [3.8, 4) is 5.75 Å². The first-order valence-electron chi connectivity index (χ1n) is 5.00. The van der Waals surface area contributed by atoms with E-state index in [9.17, 15) is 0 Å². The third-order valence-electron chi connectivity index (χ3n) is 2.18. The molecule has 0 radical (unpaired) electrons. The van der Waals surface area contributed by atoms with Crippen molar-refractivity contribution in [3.05, 3.63) is 47.9 Å². The zero-order valence-electron chi connectivity index (χ0n) is 8.64. The van der Waals surface area contributed by atoms with Crippen LogP contribution in [0.1, 0.15) is 18.2 Å². The summed E-state index contributed by atoms with van der Waals surface area (Å²) in [5.74, 6) is 1.60. The summed E-state index contributed by atoms with van der Waals surface area (Å²) in [6.45, 7) is 2.54. The summed E-state index contributed by atoms with van der Waals surface area (Å²) in [6, 6.07) is 9.85. The standard InChI is InChI=1S/C12H13NO2/c1-2-10-4-3-5-11(8-10)14-9-12-6-7-13-15-12/h3-8H,2,9H2,1H3. The molecule has 0 amide bonds. The fraction of sp³-hybridized carbons (Fsp3) is 0.250. The first kappa shape index (κ1) is 9.77. The molecular formula is C12H13NO2. The molecule has 2 aromatic rings. The summed E-state index contributed by atoms with van der Waals surface area (Å²) in [7, 11) is 0. The van der Waals surface area contributed by atoms with Crippen LogP contribution in [0, 0.1) is 0 Å². The Balaban J connectivity index is 1.98. The van der Waals surface area contributed by atoms with E-state index < -0.39 is 0 Å². The first-order valence-corrected chi connectivity index (χ1v) is 5.00. The molecule has 0 spiro atoms. The van der Waals surface area contributed by atoms with E-state index in [0.29, 0.717) is 6.61 Å². The van der Waals surface area contributed by atoms with Crippen molar-refractivity contribution in [1.82, 2.24) is 5.16 Å². The van der Waals surface area contributed by atoms with Gasteiger partial charge in [-0.3, -0.25) is 0 Å². The molecule has 0 saturated heterocycles. The molecule has 1 heterocycles. The van der Waals surface area contributed by atoms with Crippen LogP contribution in [-0.2, 0) is 13.0 Å². The van der Waals surface area contributed by atoms with Gasteiger partial charge in [-0.1, -0.05) is 24.2 Å². The van der Waals surface area contributed by atoms with Gasteiger partial charge in [0.2, 0.25) is 0 Å². The summed E-state index contributed by atoms with van der Waals surface area (Å²) in [4.78, 5) is 0. The summed E-state index contributed by atoms with van der Waals surface area (Å²) in [5, 5.41) is 3.61. The first-order chi connectivity index (χ1) is 7.38. The molecule has 0 atom stereocenters. The summed E-state index contributed by atoms with van der Waals surface area (Å²) in [5.41, 5.74) is 1.27. The molecule has 2 rings (SSSR count). The van der Waals surface area contributed by atoms with E-state index in [-0.39, 0.29) is 0 Å². The Labute approximate surface area is 88.7 Å². The number of hydrogen-bond acceptors (Lipinski definition) is 3. The highest BCUT2D eigenvalue weighted by Gasteiger charge is 1.99. The van der Waals surface area contributed by atoms with Gasteiger partial charge in [0.05, 0.1) is 6.20 Å². The molecule has 1 aromatic heterocycles. The van der Waals surface area contributed by atoms with Crippen LogP contribution in [0.4, 0.5) is 0 Å². The van der Waals surface area contributed by atoms with Crippen molar-refractivity contribution in [3.63, 3.8) is 0 Å². The molecule has 0 saturated carbocycles. The second-order valence-corrected chi connectivity index (χ2v) is 3.27. The van der Waals surface area contributed by atoms with Gasteiger partial charge in [-0.05, 0) is 24.1 Å². The van der Waals surface area contributed by atoms with Crippen LogP contribution in [0.3, 0.4) is 0 Å². The second-order valence-electron chi connectivity index (χ2n) is 3.27. The zero-order valence-corrected chi connectivity index (χ0v) is 8.64. The molecule has 0 N–H and O–H groups in total. The van der Waals surface area contributed by atoms with E-state index in [4.69, 9.17) is 9.26 Å². The number of aryl methyl sites for hydroxylation is 1. The monoisotopic (exact) mass is 203 g/mol. The average molecular weight is 203 g/mol. The van der Waals surface area contributed by atoms with E-state index in [0.717, 1.165) is 17.9 Å². The molecule has 15 heavy (non-hydrogen) atoms. The smallest absolute Gasteiger partial charge is 0.174 e. The maximum Gasteiger partial charge on any atom is 0.174 e. The van der Waals surface area contributed by atoms with E-state index in [1.807, 2.05) is 18.2 Å². The molecule has 3 nitrogen and oxygen atoms in total. The molecule has 0 aliphatic heterocycles. The van der Waals surface area contributed by atoms with Crippen LogP contribution < -0.4 is 4.74 Å². The van der Waals surface area contributed by atoms with Crippen LogP contribution in [0.5, 0.6) is 5.75 Å². The fourth-order valence-electron chi connectivity index (χ4n) is 1.33. The molecule has 0 fully saturated rings. The van der Waals surface area contributed by atoms with Gasteiger partial charge >= 0.3 is 0 Å². The van der Waals surface area contributed by atoms with E-state index in [1.165, 1.54) is 5.56 Å². The Bertz CT molecular complexity index is 409. The summed E-state index contributed by atoms with van der Waals surface area (Å²) < 4.78 is 10.5. The lowest BCUT2D eigenvalue weighted by Crippen LogP contribution is -1.94. The Morgan fingerprint density at radius 2 is 2.27 bits per heavy atom. The fourth-order valence-corrected chi connectivity index (χ4v) is 1.33. The predicted molar refractivity (Wildman–Crippen MR) is 56.7 cm³/mol. The topological polar surface area (TPSA) is 35.3 Å². The Kier molecular flexibility index (Phi) is 3.02. The van der Waals surface area contributed by atoms with Crippen LogP contribution >= 0.6 is 0 Å². The maximum absolute atomic E-state index is 5.56. The number of hydrogen-bond donors (Lipinski definition) is 0. The van der Waals surface area contributed by atoms with Gasteiger partial charge in [-0.25, -0.2) is 0 Å². The number of rotatable bonds is 4. The van der Waals surface area contributed by atoms with Crippen LogP contribution in [0.25, 0.3) is 0 Å². The second kappa shape index (κ2) is 4.64. The van der Waals surface area contributed by atoms with E-state index in [1.54, 1.807) is 12.3 Å². The van der Waals surface area contributed by atoms with Gasteiger partial charge in [0.25, 0.3) is 0 Å². The lowest BCUT2D eigenvalue weighted by atomic mass is 10.2. The van der Waals surface area contributed by atoms with Gasteiger partial charge < -0.3 is 9.26 Å². The van der Waals surface area contributed by atoms with E-state index >= 15 is 0 Å². The van der Waals surface area contributed by atoms with E-state index in [2.05, 4.69) is 18.1 Å². The lowest BCUT2D eigenvalue weighted by molar-refractivity contribution is 0.249. The van der Waals surface area contributed by atoms with Crippen LogP contribution in [-0.4, -0.2) is 5.16 Å². The predicted octanol–water partition coefficient (Wildman–Crippen LogP) is 2.82. The van der Waals surface area contributed by atoms with Crippen LogP contribution in [0.2, 0.25) is 0 Å². The minimum absolute atomic E-state index is 0.424. The molecule has 0 aliphatic carbocycles. The number of benzene rings is 1. The summed E-state index contributed by atoms with van der Waals surface area (Å²) in [6.07, 6.45) is 2.63. The molecule has 0 unspecified atom stereocenters. The van der Waals surface area contributed by atoms with Gasteiger partial charge in [0.15, 0.2) is 5.76 Å². The molecule has 1 aromatic carbocycles. The van der Waals surface area contributed by atoms with Crippen molar-refractivity contribution in [2.45, 2.75) is 20.0 Å². The molecule has 3 heteroatoms. The van der Waals surface area contributed by atoms with Gasteiger partial charge in [0, 0.05) is 6.07 Å². The minimum Gasteiger partial charge on any atom is -0.486 e. The highest BCUT2D eigenvalue weighted by molar-refractivity contribution is 5.28. The van der Waals surface area contributed by atoms with Crippen molar-refractivity contribution >= 4 is 0 Å². The maximum atomic E-state index is 5.56. The molecule has 78 valence electrons. The normalized spacial score (nSPS) is 10.2. The number of ether oxygens (including phenoxy) is 1. The Morgan fingerprint density at radius 1 is 1.33 bits per heavy atom. The van der Waals surface area contributed by atoms with Gasteiger partial charge in [0.1, 0.15) is 12.4 Å². The highest BCUT2D eigenvalue weighted by atomic mass is 16.5. The van der Waals surface area contributed by atoms with Crippen molar-refractivity contribution in [1.29, 1.82) is 0 Å². The number of aromatic nitrogens is 1. The largest absolute Gasteiger partial charge is 0.486 e. The van der Waals surface area contributed by atoms with Crippen molar-refractivity contribution < 1.29 is 9.26 Å². The molecular weight excluding hydrogens is 190 g/mol. The molecule has 0 bridgehead atoms. The lowest BCUT2D eigenvalue weighted by Gasteiger charge is -2.04. The highest BCUT2D eigenvalue weighted by Crippen LogP contribution is 2.15. The average Bonchev–Trinajstić information content (AvgIpc) is 2.79. The Morgan fingerprint density at radius 3 is 3.00 bits per heavy atom. The van der Waals surface area contributed by atoms with Gasteiger partial charge in [-0.2, -0.15) is 0 Å². The van der Waals surface area contributed by atoms with Crippen LogP contribution in [0.15, 0.2) is 41.1 Å². The SMILES string of the molecule is CCc1cccc(OCc2ccno2)c1. The van der Waals surface area contributed by atoms with Gasteiger partial charge in [-0.15, -0.1) is 0 Å². The Hall–Kier alpha value is -1.77. The zero-order chi connectivity index (χ0) is 10.5. The number of nitrogens with zero attached hydrogens (tertiary/aromatic N) is 1. The minimum atomic E-state index is 0.424. The van der Waals surface area contributed by atoms with Crippen molar-refractivity contribution in [2.24, 2.45) is 0 Å². The molecule has 0 aliphatic rings. The third kappa shape index (κ3) is 2.59. The summed E-state index contributed by atoms with van der Waals surface area (Å²) >= 11 is 0. The third-order valence-corrected chi connectivity index (χ3v) is 2.18.